The molecule has 14 nitrogen and oxygen atoms in total. The van der Waals surface area contributed by atoms with Crippen molar-refractivity contribution >= 4 is 86.7 Å². The Morgan fingerprint density at radius 2 is 0.969 bits per heavy atom. The summed E-state index contributed by atoms with van der Waals surface area (Å²) >= 11 is 1.10. The van der Waals surface area contributed by atoms with E-state index in [9.17, 15) is 38.4 Å². The maximum Gasteiger partial charge on any atom is 0.339 e. The molecule has 0 heterocycles. The van der Waals surface area contributed by atoms with E-state index in [-0.39, 0.29) is 39.4 Å². The Kier molecular flexibility index (Phi) is 15.0. The van der Waals surface area contributed by atoms with Crippen LogP contribution in [-0.2, 0) is 19.1 Å². The number of benzene rings is 6. The van der Waals surface area contributed by atoms with E-state index in [1.165, 1.54) is 67.7 Å². The molecular formula is C50H40N4O10S. The second-order valence-corrected chi connectivity index (χ2v) is 15.2. The quantitative estimate of drug-likeness (QED) is 0.0507. The number of ether oxygens (including phenoxy) is 2. The van der Waals surface area contributed by atoms with Crippen LogP contribution in [0.2, 0.25) is 0 Å². The average Bonchev–Trinajstić information content (AvgIpc) is 3.32. The van der Waals surface area contributed by atoms with Gasteiger partial charge in [0.05, 0.1) is 22.3 Å². The van der Waals surface area contributed by atoms with Crippen molar-refractivity contribution in [2.45, 2.75) is 16.7 Å². The minimum atomic E-state index is -0.956. The standard InChI is InChI=1S/C50H40N4O10S/c1-5-33(55)27-63-49(61)39-21-19-35(25-41(39)47(59)51-4)65-36-20-22-40(50(62)64-28-34(56)6-2)42(26-36)48(60)52-32-17-15-31(16-18-32)46(58)54-44-24-23-43(37-9-7-8-10-38(37)44)53-45(57)30-13-11-29(3)12-14-30/h5-26H,1-2,27-28H2,3-4H3,(H,51,59)(H,52,60)(H,53,57)(H,54,58). The second kappa shape index (κ2) is 21.1. The summed E-state index contributed by atoms with van der Waals surface area (Å²) in [6.07, 6.45) is 2.00. The first-order valence-electron chi connectivity index (χ1n) is 19.7. The first kappa shape index (κ1) is 46.1. The van der Waals surface area contributed by atoms with E-state index in [1.807, 2.05) is 43.3 Å². The highest BCUT2D eigenvalue weighted by Crippen LogP contribution is 2.33. The van der Waals surface area contributed by atoms with Gasteiger partial charge in [-0.15, -0.1) is 0 Å². The SMILES string of the molecule is C=CC(=O)COC(=O)c1ccc(Sc2ccc(C(=O)OCC(=O)C=C)c(C(=O)Nc3ccc(C(=O)Nc4ccc(NC(=O)c5ccc(C)cc5)c5ccccc45)cc3)c2)cc1C(=O)NC. The molecule has 0 aliphatic carbocycles. The molecule has 0 saturated heterocycles. The number of aryl methyl sites for hydroxylation is 1. The third-order valence-corrected chi connectivity index (χ3v) is 10.6. The molecule has 0 aliphatic rings. The Morgan fingerprint density at radius 1 is 0.523 bits per heavy atom. The Hall–Kier alpha value is -8.43. The van der Waals surface area contributed by atoms with Crippen molar-refractivity contribution in [3.63, 3.8) is 0 Å². The Morgan fingerprint density at radius 3 is 1.42 bits per heavy atom. The fraction of sp³-hybridized carbons (Fsp3) is 0.0800. The predicted octanol–water partition coefficient (Wildman–Crippen LogP) is 8.24. The van der Waals surface area contributed by atoms with Gasteiger partial charge >= 0.3 is 11.9 Å². The number of hydrogen-bond acceptors (Lipinski definition) is 11. The lowest BCUT2D eigenvalue weighted by Gasteiger charge is -2.14. The number of carbonyl (C=O) groups excluding carboxylic acids is 8. The molecule has 6 aromatic carbocycles. The molecule has 4 amide bonds. The smallest absolute Gasteiger partial charge is 0.339 e. The maximum absolute atomic E-state index is 13.9. The first-order chi connectivity index (χ1) is 31.3. The number of carbonyl (C=O) groups is 8. The van der Waals surface area contributed by atoms with E-state index in [0.29, 0.717) is 37.5 Å². The van der Waals surface area contributed by atoms with Crippen LogP contribution >= 0.6 is 11.8 Å². The Balaban J connectivity index is 1.20. The fourth-order valence-electron chi connectivity index (χ4n) is 6.24. The molecule has 326 valence electrons. The van der Waals surface area contributed by atoms with Gasteiger partial charge in [-0.3, -0.25) is 28.8 Å². The van der Waals surface area contributed by atoms with Crippen LogP contribution in [-0.4, -0.2) is 67.4 Å². The molecule has 0 saturated carbocycles. The topological polar surface area (TPSA) is 203 Å². The summed E-state index contributed by atoms with van der Waals surface area (Å²) in [6.45, 7) is 7.49. The number of ketones is 2. The number of hydrogen-bond donors (Lipinski definition) is 4. The van der Waals surface area contributed by atoms with Crippen molar-refractivity contribution in [2.75, 3.05) is 36.2 Å². The summed E-state index contributed by atoms with van der Waals surface area (Å²) in [5.41, 5.74) is 2.72. The van der Waals surface area contributed by atoms with Crippen molar-refractivity contribution in [1.29, 1.82) is 0 Å². The van der Waals surface area contributed by atoms with Gasteiger partial charge in [0.15, 0.2) is 24.8 Å². The molecule has 0 fully saturated rings. The summed E-state index contributed by atoms with van der Waals surface area (Å²) in [5, 5.41) is 12.5. The van der Waals surface area contributed by atoms with Crippen LogP contribution in [0.5, 0.6) is 0 Å². The van der Waals surface area contributed by atoms with E-state index in [2.05, 4.69) is 34.4 Å². The molecule has 0 bridgehead atoms. The van der Waals surface area contributed by atoms with E-state index >= 15 is 0 Å². The van der Waals surface area contributed by atoms with Crippen LogP contribution in [0.15, 0.2) is 156 Å². The van der Waals surface area contributed by atoms with Gasteiger partial charge in [-0.05, 0) is 104 Å². The van der Waals surface area contributed by atoms with E-state index < -0.39 is 54.4 Å². The van der Waals surface area contributed by atoms with Gasteiger partial charge in [0.2, 0.25) is 0 Å². The van der Waals surface area contributed by atoms with Gasteiger partial charge in [0, 0.05) is 55.8 Å². The molecule has 0 unspecified atom stereocenters. The summed E-state index contributed by atoms with van der Waals surface area (Å²) in [6, 6.07) is 32.6. The molecule has 0 aliphatic heterocycles. The van der Waals surface area contributed by atoms with Crippen LogP contribution in [0, 0.1) is 6.92 Å². The van der Waals surface area contributed by atoms with E-state index in [4.69, 9.17) is 9.47 Å². The highest BCUT2D eigenvalue weighted by atomic mass is 32.2. The number of esters is 2. The van der Waals surface area contributed by atoms with Gasteiger partial charge in [-0.1, -0.05) is 66.9 Å². The van der Waals surface area contributed by atoms with E-state index in [1.54, 1.807) is 24.3 Å². The number of amides is 4. The molecule has 0 radical (unpaired) electrons. The maximum atomic E-state index is 13.9. The number of nitrogens with one attached hydrogen (secondary N) is 4. The van der Waals surface area contributed by atoms with Gasteiger partial charge < -0.3 is 30.7 Å². The molecule has 4 N–H and O–H groups in total. The molecule has 0 atom stereocenters. The van der Waals surface area contributed by atoms with Gasteiger partial charge in [0.1, 0.15) is 0 Å². The average molecular weight is 889 g/mol. The van der Waals surface area contributed by atoms with E-state index in [0.717, 1.165) is 29.5 Å². The lowest BCUT2D eigenvalue weighted by Crippen LogP contribution is -2.22. The fourth-order valence-corrected chi connectivity index (χ4v) is 7.14. The van der Waals surface area contributed by atoms with Crippen molar-refractivity contribution in [3.05, 3.63) is 186 Å². The lowest BCUT2D eigenvalue weighted by molar-refractivity contribution is -0.118. The molecule has 65 heavy (non-hydrogen) atoms. The summed E-state index contributed by atoms with van der Waals surface area (Å²) in [7, 11) is 1.38. The summed E-state index contributed by atoms with van der Waals surface area (Å²) in [5.74, 6) is -4.99. The molecule has 6 rings (SSSR count). The van der Waals surface area contributed by atoms with Crippen molar-refractivity contribution in [2.24, 2.45) is 0 Å². The Bertz CT molecular complexity index is 2910. The highest BCUT2D eigenvalue weighted by molar-refractivity contribution is 7.99. The zero-order valence-electron chi connectivity index (χ0n) is 35.0. The largest absolute Gasteiger partial charge is 0.454 e. The van der Waals surface area contributed by atoms with Crippen molar-refractivity contribution in [1.82, 2.24) is 5.32 Å². The third kappa shape index (κ3) is 11.5. The predicted molar refractivity (Wildman–Crippen MR) is 247 cm³/mol. The third-order valence-electron chi connectivity index (χ3n) is 9.66. The zero-order chi connectivity index (χ0) is 46.6. The number of fused-ring (bicyclic) bond motifs is 1. The molecule has 6 aromatic rings. The van der Waals surface area contributed by atoms with Gasteiger partial charge in [0.25, 0.3) is 23.6 Å². The molecular weight excluding hydrogens is 849 g/mol. The normalized spacial score (nSPS) is 10.5. The zero-order valence-corrected chi connectivity index (χ0v) is 35.8. The number of anilines is 3. The minimum Gasteiger partial charge on any atom is -0.454 e. The van der Waals surface area contributed by atoms with Crippen molar-refractivity contribution < 1.29 is 47.8 Å². The highest BCUT2D eigenvalue weighted by Gasteiger charge is 2.23. The molecule has 0 spiro atoms. The van der Waals surface area contributed by atoms with Crippen LogP contribution in [0.3, 0.4) is 0 Å². The minimum absolute atomic E-state index is 0.0402. The van der Waals surface area contributed by atoms with Crippen LogP contribution in [0.1, 0.15) is 67.7 Å². The van der Waals surface area contributed by atoms with Crippen LogP contribution in [0.25, 0.3) is 10.8 Å². The Labute approximate surface area is 377 Å². The summed E-state index contributed by atoms with van der Waals surface area (Å²) < 4.78 is 10.2. The van der Waals surface area contributed by atoms with Crippen LogP contribution in [0.4, 0.5) is 17.1 Å². The second-order valence-electron chi connectivity index (χ2n) is 14.1. The molecule has 15 heteroatoms. The van der Waals surface area contributed by atoms with Gasteiger partial charge in [-0.2, -0.15) is 0 Å². The first-order valence-corrected chi connectivity index (χ1v) is 20.6. The van der Waals surface area contributed by atoms with Crippen LogP contribution < -0.4 is 21.3 Å². The summed E-state index contributed by atoms with van der Waals surface area (Å²) in [4.78, 5) is 104. The van der Waals surface area contributed by atoms with Gasteiger partial charge in [-0.25, -0.2) is 9.59 Å². The monoisotopic (exact) mass is 888 g/mol. The van der Waals surface area contributed by atoms with Crippen molar-refractivity contribution in [3.8, 4) is 0 Å². The lowest BCUT2D eigenvalue weighted by atomic mass is 10.1. The number of rotatable bonds is 17. The molecule has 0 aromatic heterocycles.